The van der Waals surface area contributed by atoms with Crippen LogP contribution in [0.4, 0.5) is 0 Å². The Labute approximate surface area is 126 Å². The van der Waals surface area contributed by atoms with E-state index in [1.165, 1.54) is 6.42 Å². The summed E-state index contributed by atoms with van der Waals surface area (Å²) in [7, 11) is 0. The van der Waals surface area contributed by atoms with Crippen LogP contribution in [0.15, 0.2) is 24.3 Å². The summed E-state index contributed by atoms with van der Waals surface area (Å²) in [5, 5.41) is 6.67. The summed E-state index contributed by atoms with van der Waals surface area (Å²) in [5.41, 5.74) is 1.11. The minimum absolute atomic E-state index is 0.0345. The molecule has 1 amide bonds. The highest BCUT2D eigenvalue weighted by atomic mass is 16.5. The first-order valence-electron chi connectivity index (χ1n) is 7.96. The minimum atomic E-state index is 0.0345. The average Bonchev–Trinajstić information content (AvgIpc) is 3.11. The van der Waals surface area contributed by atoms with Crippen molar-refractivity contribution >= 4 is 5.91 Å². The van der Waals surface area contributed by atoms with Crippen molar-refractivity contribution in [3.63, 3.8) is 0 Å². The van der Waals surface area contributed by atoms with Gasteiger partial charge in [-0.2, -0.15) is 0 Å². The highest BCUT2D eigenvalue weighted by Crippen LogP contribution is 2.33. The van der Waals surface area contributed by atoms with Gasteiger partial charge in [0, 0.05) is 12.1 Å². The summed E-state index contributed by atoms with van der Waals surface area (Å²) in [5.74, 6) is 1.21. The van der Waals surface area contributed by atoms with E-state index in [9.17, 15) is 4.79 Å². The van der Waals surface area contributed by atoms with Crippen molar-refractivity contribution < 1.29 is 9.53 Å². The van der Waals surface area contributed by atoms with Crippen LogP contribution in [0.1, 0.15) is 44.7 Å². The molecule has 4 nitrogen and oxygen atoms in total. The zero-order valence-corrected chi connectivity index (χ0v) is 12.8. The standard InChI is InChI=1S/C17H24N2O2/c1-3-21-14-7-4-12(5-8-14)11(2)18-17(20)15-10-13-6-9-16(15)19-13/h4-5,7-8,11,13,15-16,19H,3,6,9-10H2,1-2H3,(H,18,20). The van der Waals surface area contributed by atoms with Crippen molar-refractivity contribution in [1.82, 2.24) is 10.6 Å². The smallest absolute Gasteiger partial charge is 0.225 e. The molecule has 2 bridgehead atoms. The van der Waals surface area contributed by atoms with Crippen molar-refractivity contribution in [3.05, 3.63) is 29.8 Å². The van der Waals surface area contributed by atoms with E-state index in [4.69, 9.17) is 4.74 Å². The van der Waals surface area contributed by atoms with Gasteiger partial charge in [0.15, 0.2) is 0 Å². The number of carbonyl (C=O) groups excluding carboxylic acids is 1. The van der Waals surface area contributed by atoms with Crippen LogP contribution in [-0.4, -0.2) is 24.6 Å². The van der Waals surface area contributed by atoms with Crippen molar-refractivity contribution in [2.45, 2.75) is 51.2 Å². The van der Waals surface area contributed by atoms with Crippen LogP contribution in [-0.2, 0) is 4.79 Å². The van der Waals surface area contributed by atoms with Crippen LogP contribution < -0.4 is 15.4 Å². The van der Waals surface area contributed by atoms with E-state index in [1.54, 1.807) is 0 Å². The molecule has 0 aromatic heterocycles. The van der Waals surface area contributed by atoms with E-state index >= 15 is 0 Å². The molecule has 2 saturated heterocycles. The lowest BCUT2D eigenvalue weighted by Gasteiger charge is -2.22. The summed E-state index contributed by atoms with van der Waals surface area (Å²) in [4.78, 5) is 12.4. The number of carbonyl (C=O) groups is 1. The van der Waals surface area contributed by atoms with Crippen molar-refractivity contribution in [1.29, 1.82) is 0 Å². The Morgan fingerprint density at radius 3 is 2.71 bits per heavy atom. The van der Waals surface area contributed by atoms with Crippen molar-refractivity contribution in [3.8, 4) is 5.75 Å². The molecule has 21 heavy (non-hydrogen) atoms. The third-order valence-corrected chi connectivity index (χ3v) is 4.69. The molecule has 4 heteroatoms. The van der Waals surface area contributed by atoms with Crippen molar-refractivity contribution in [2.24, 2.45) is 5.92 Å². The van der Waals surface area contributed by atoms with Crippen LogP contribution in [0.2, 0.25) is 0 Å². The molecule has 2 heterocycles. The van der Waals surface area contributed by atoms with E-state index in [1.807, 2.05) is 38.1 Å². The maximum absolute atomic E-state index is 12.4. The van der Waals surface area contributed by atoms with Gasteiger partial charge in [-0.05, 0) is 50.8 Å². The van der Waals surface area contributed by atoms with Gasteiger partial charge in [-0.3, -0.25) is 4.79 Å². The van der Waals surface area contributed by atoms with Gasteiger partial charge in [-0.1, -0.05) is 12.1 Å². The van der Waals surface area contributed by atoms with Gasteiger partial charge in [-0.25, -0.2) is 0 Å². The molecule has 0 spiro atoms. The lowest BCUT2D eigenvalue weighted by atomic mass is 9.88. The van der Waals surface area contributed by atoms with Gasteiger partial charge in [0.25, 0.3) is 0 Å². The zero-order valence-electron chi connectivity index (χ0n) is 12.8. The van der Waals surface area contributed by atoms with Crippen LogP contribution in [0.3, 0.4) is 0 Å². The Bertz CT molecular complexity index is 500. The fourth-order valence-corrected chi connectivity index (χ4v) is 3.54. The number of rotatable bonds is 5. The SMILES string of the molecule is CCOc1ccc(C(C)NC(=O)C2CC3CCC2N3)cc1. The summed E-state index contributed by atoms with van der Waals surface area (Å²) < 4.78 is 5.44. The van der Waals surface area contributed by atoms with Crippen LogP contribution in [0, 0.1) is 5.92 Å². The second-order valence-electron chi connectivity index (χ2n) is 6.12. The molecule has 3 rings (SSSR count). The van der Waals surface area contributed by atoms with Gasteiger partial charge < -0.3 is 15.4 Å². The molecular weight excluding hydrogens is 264 g/mol. The first kappa shape index (κ1) is 14.4. The van der Waals surface area contributed by atoms with Crippen molar-refractivity contribution in [2.75, 3.05) is 6.61 Å². The highest BCUT2D eigenvalue weighted by Gasteiger charge is 2.42. The lowest BCUT2D eigenvalue weighted by molar-refractivity contribution is -0.126. The maximum atomic E-state index is 12.4. The Hall–Kier alpha value is -1.55. The fourth-order valence-electron chi connectivity index (χ4n) is 3.54. The molecule has 0 saturated carbocycles. The third kappa shape index (κ3) is 3.05. The number of fused-ring (bicyclic) bond motifs is 2. The van der Waals surface area contributed by atoms with Crippen LogP contribution >= 0.6 is 0 Å². The normalized spacial score (nSPS) is 28.4. The fraction of sp³-hybridized carbons (Fsp3) is 0.588. The predicted octanol–water partition coefficient (Wildman–Crippen LogP) is 2.40. The maximum Gasteiger partial charge on any atom is 0.225 e. The topological polar surface area (TPSA) is 50.4 Å². The highest BCUT2D eigenvalue weighted by molar-refractivity contribution is 5.80. The molecule has 2 aliphatic heterocycles. The third-order valence-electron chi connectivity index (χ3n) is 4.69. The summed E-state index contributed by atoms with van der Waals surface area (Å²) in [6.45, 7) is 4.68. The first-order valence-corrected chi connectivity index (χ1v) is 7.96. The quantitative estimate of drug-likeness (QED) is 0.875. The molecule has 0 aliphatic carbocycles. The van der Waals surface area contributed by atoms with E-state index in [0.29, 0.717) is 18.7 Å². The van der Waals surface area contributed by atoms with Gasteiger partial charge in [0.1, 0.15) is 5.75 Å². The zero-order chi connectivity index (χ0) is 14.8. The molecule has 2 fully saturated rings. The number of ether oxygens (including phenoxy) is 1. The Kier molecular flexibility index (Phi) is 4.15. The first-order chi connectivity index (χ1) is 10.2. The summed E-state index contributed by atoms with van der Waals surface area (Å²) >= 11 is 0. The van der Waals surface area contributed by atoms with E-state index in [0.717, 1.165) is 24.2 Å². The van der Waals surface area contributed by atoms with Crippen LogP contribution in [0.25, 0.3) is 0 Å². The summed E-state index contributed by atoms with van der Waals surface area (Å²) in [6.07, 6.45) is 3.36. The molecule has 0 radical (unpaired) electrons. The average molecular weight is 288 g/mol. The molecule has 1 aromatic rings. The second kappa shape index (κ2) is 6.06. The molecular formula is C17H24N2O2. The number of benzene rings is 1. The second-order valence-corrected chi connectivity index (χ2v) is 6.12. The lowest BCUT2D eigenvalue weighted by Crippen LogP contribution is -2.38. The number of hydrogen-bond acceptors (Lipinski definition) is 3. The monoisotopic (exact) mass is 288 g/mol. The summed E-state index contributed by atoms with van der Waals surface area (Å²) in [6, 6.07) is 8.95. The number of hydrogen-bond donors (Lipinski definition) is 2. The van der Waals surface area contributed by atoms with Gasteiger partial charge in [0.05, 0.1) is 18.6 Å². The Morgan fingerprint density at radius 1 is 1.38 bits per heavy atom. The number of amides is 1. The van der Waals surface area contributed by atoms with E-state index < -0.39 is 0 Å². The molecule has 4 atom stereocenters. The Morgan fingerprint density at radius 2 is 2.14 bits per heavy atom. The van der Waals surface area contributed by atoms with Gasteiger partial charge >= 0.3 is 0 Å². The Balaban J connectivity index is 1.58. The molecule has 2 N–H and O–H groups in total. The van der Waals surface area contributed by atoms with Gasteiger partial charge in [0.2, 0.25) is 5.91 Å². The molecule has 114 valence electrons. The minimum Gasteiger partial charge on any atom is -0.494 e. The van der Waals surface area contributed by atoms with E-state index in [2.05, 4.69) is 10.6 Å². The molecule has 4 unspecified atom stereocenters. The van der Waals surface area contributed by atoms with E-state index in [-0.39, 0.29) is 17.9 Å². The van der Waals surface area contributed by atoms with Gasteiger partial charge in [-0.15, -0.1) is 0 Å². The predicted molar refractivity (Wildman–Crippen MR) is 82.2 cm³/mol. The molecule has 1 aromatic carbocycles. The van der Waals surface area contributed by atoms with Crippen LogP contribution in [0.5, 0.6) is 5.75 Å². The molecule has 2 aliphatic rings. The largest absolute Gasteiger partial charge is 0.494 e. The number of nitrogens with one attached hydrogen (secondary N) is 2.